The minimum atomic E-state index is -0.760. The third-order valence-corrected chi connectivity index (χ3v) is 3.14. The summed E-state index contributed by atoms with van der Waals surface area (Å²) in [5.41, 5.74) is 0.695. The number of aliphatic hydroxyl groups is 1. The van der Waals surface area contributed by atoms with Gasteiger partial charge in [-0.25, -0.2) is 8.78 Å². The van der Waals surface area contributed by atoms with Crippen LogP contribution in [0.15, 0.2) is 36.4 Å². The van der Waals surface area contributed by atoms with Crippen LogP contribution >= 0.6 is 11.6 Å². The summed E-state index contributed by atoms with van der Waals surface area (Å²) in [4.78, 5) is 0. The van der Waals surface area contributed by atoms with Gasteiger partial charge in [0.05, 0.1) is 11.1 Å². The number of rotatable bonds is 4. The lowest BCUT2D eigenvalue weighted by Crippen LogP contribution is -2.01. The summed E-state index contributed by atoms with van der Waals surface area (Å²) >= 11 is 5.65. The maximum absolute atomic E-state index is 13.7. The van der Waals surface area contributed by atoms with Gasteiger partial charge < -0.3 is 9.84 Å². The second kappa shape index (κ2) is 6.20. The Balaban J connectivity index is 2.13. The summed E-state index contributed by atoms with van der Waals surface area (Å²) in [5, 5.41) is 9.34. The highest BCUT2D eigenvalue weighted by atomic mass is 35.5. The average molecular weight is 299 g/mol. The van der Waals surface area contributed by atoms with Crippen molar-refractivity contribution >= 4 is 11.6 Å². The van der Waals surface area contributed by atoms with E-state index in [1.807, 2.05) is 0 Å². The molecular formula is C15H13ClF2O2. The van der Waals surface area contributed by atoms with Gasteiger partial charge in [-0.3, -0.25) is 0 Å². The van der Waals surface area contributed by atoms with Crippen molar-refractivity contribution in [1.82, 2.24) is 0 Å². The van der Waals surface area contributed by atoms with E-state index in [2.05, 4.69) is 0 Å². The topological polar surface area (TPSA) is 29.5 Å². The lowest BCUT2D eigenvalue weighted by atomic mass is 10.1. The van der Waals surface area contributed by atoms with Crippen LogP contribution in [0.4, 0.5) is 8.78 Å². The quantitative estimate of drug-likeness (QED) is 0.914. The van der Waals surface area contributed by atoms with Crippen molar-refractivity contribution in [2.24, 2.45) is 0 Å². The Kier molecular flexibility index (Phi) is 4.57. The molecule has 0 bridgehead atoms. The van der Waals surface area contributed by atoms with Gasteiger partial charge in [-0.05, 0) is 30.7 Å². The van der Waals surface area contributed by atoms with Crippen LogP contribution in [0, 0.1) is 11.6 Å². The molecule has 5 heteroatoms. The Bertz CT molecular complexity index is 615. The van der Waals surface area contributed by atoms with Crippen LogP contribution in [-0.4, -0.2) is 5.11 Å². The highest BCUT2D eigenvalue weighted by Gasteiger charge is 2.10. The fourth-order valence-corrected chi connectivity index (χ4v) is 1.90. The maximum atomic E-state index is 13.7. The van der Waals surface area contributed by atoms with Gasteiger partial charge in [-0.2, -0.15) is 0 Å². The second-order valence-electron chi connectivity index (χ2n) is 4.37. The van der Waals surface area contributed by atoms with Gasteiger partial charge in [0, 0.05) is 5.56 Å². The molecule has 1 N–H and O–H groups in total. The Morgan fingerprint density at radius 2 is 2.00 bits per heavy atom. The lowest BCUT2D eigenvalue weighted by Gasteiger charge is -2.11. The standard InChI is InChI=1S/C15H13ClF2O2/c1-9(19)10-5-6-14(13(17)7-10)20-8-11-3-2-4-12(16)15(11)18/h2-7,9,19H,8H2,1H3/t9-/m1/s1. The maximum Gasteiger partial charge on any atom is 0.165 e. The molecule has 0 spiro atoms. The number of halogens is 3. The van der Waals surface area contributed by atoms with Crippen molar-refractivity contribution in [3.63, 3.8) is 0 Å². The zero-order valence-electron chi connectivity index (χ0n) is 10.7. The molecule has 2 rings (SSSR count). The van der Waals surface area contributed by atoms with Gasteiger partial charge in [0.1, 0.15) is 12.4 Å². The molecule has 0 radical (unpaired) electrons. The highest BCUT2D eigenvalue weighted by Crippen LogP contribution is 2.24. The van der Waals surface area contributed by atoms with Crippen LogP contribution in [0.3, 0.4) is 0 Å². The largest absolute Gasteiger partial charge is 0.486 e. The third kappa shape index (κ3) is 3.26. The molecule has 2 aromatic rings. The van der Waals surface area contributed by atoms with Crippen molar-refractivity contribution in [2.75, 3.05) is 0 Å². The number of hydrogen-bond donors (Lipinski definition) is 1. The van der Waals surface area contributed by atoms with Crippen LogP contribution in [0.5, 0.6) is 5.75 Å². The number of benzene rings is 2. The molecule has 0 saturated heterocycles. The minimum absolute atomic E-state index is 0.00368. The normalized spacial score (nSPS) is 12.2. The van der Waals surface area contributed by atoms with Crippen molar-refractivity contribution in [1.29, 1.82) is 0 Å². The molecule has 0 heterocycles. The van der Waals surface area contributed by atoms with E-state index >= 15 is 0 Å². The van der Waals surface area contributed by atoms with Crippen LogP contribution < -0.4 is 4.74 Å². The molecule has 0 aromatic heterocycles. The van der Waals surface area contributed by atoms with Crippen molar-refractivity contribution < 1.29 is 18.6 Å². The predicted octanol–water partition coefficient (Wildman–Crippen LogP) is 4.25. The van der Waals surface area contributed by atoms with Crippen LogP contribution in [0.2, 0.25) is 5.02 Å². The van der Waals surface area contributed by atoms with Gasteiger partial charge >= 0.3 is 0 Å². The minimum Gasteiger partial charge on any atom is -0.486 e. The van der Waals surface area contributed by atoms with E-state index in [0.717, 1.165) is 0 Å². The fraction of sp³-hybridized carbons (Fsp3) is 0.200. The SMILES string of the molecule is C[C@@H](O)c1ccc(OCc2cccc(Cl)c2F)c(F)c1. The monoisotopic (exact) mass is 298 g/mol. The first-order valence-electron chi connectivity index (χ1n) is 6.02. The first-order valence-corrected chi connectivity index (χ1v) is 6.40. The van der Waals surface area contributed by atoms with Gasteiger partial charge in [0.2, 0.25) is 0 Å². The first kappa shape index (κ1) is 14.8. The second-order valence-corrected chi connectivity index (χ2v) is 4.77. The number of aliphatic hydroxyl groups excluding tert-OH is 1. The molecule has 20 heavy (non-hydrogen) atoms. The van der Waals surface area contributed by atoms with Gasteiger partial charge in [-0.15, -0.1) is 0 Å². The molecule has 1 atom stereocenters. The number of ether oxygens (including phenoxy) is 1. The number of hydrogen-bond acceptors (Lipinski definition) is 2. The zero-order valence-corrected chi connectivity index (χ0v) is 11.5. The first-order chi connectivity index (χ1) is 9.49. The highest BCUT2D eigenvalue weighted by molar-refractivity contribution is 6.30. The summed E-state index contributed by atoms with van der Waals surface area (Å²) < 4.78 is 32.6. The third-order valence-electron chi connectivity index (χ3n) is 2.85. The van der Waals surface area contributed by atoms with Crippen molar-refractivity contribution in [2.45, 2.75) is 19.6 Å². The lowest BCUT2D eigenvalue weighted by molar-refractivity contribution is 0.198. The van der Waals surface area contributed by atoms with E-state index in [-0.39, 0.29) is 22.9 Å². The zero-order chi connectivity index (χ0) is 14.7. The summed E-state index contributed by atoms with van der Waals surface area (Å²) in [6.07, 6.45) is -0.760. The predicted molar refractivity (Wildman–Crippen MR) is 72.8 cm³/mol. The molecule has 0 aliphatic heterocycles. The molecule has 0 fully saturated rings. The van der Waals surface area contributed by atoms with E-state index in [1.54, 1.807) is 12.1 Å². The molecule has 2 aromatic carbocycles. The van der Waals surface area contributed by atoms with E-state index in [9.17, 15) is 13.9 Å². The fourth-order valence-electron chi connectivity index (χ4n) is 1.71. The summed E-state index contributed by atoms with van der Waals surface area (Å²) in [5.74, 6) is -1.19. The summed E-state index contributed by atoms with van der Waals surface area (Å²) in [6, 6.07) is 8.68. The van der Waals surface area contributed by atoms with Gasteiger partial charge in [-0.1, -0.05) is 29.8 Å². The van der Waals surface area contributed by atoms with Crippen LogP contribution in [0.25, 0.3) is 0 Å². The molecule has 0 saturated carbocycles. The smallest absolute Gasteiger partial charge is 0.165 e. The van der Waals surface area contributed by atoms with E-state index in [1.165, 1.54) is 31.2 Å². The summed E-state index contributed by atoms with van der Waals surface area (Å²) in [6.45, 7) is 1.41. The Labute approximate surface area is 120 Å². The van der Waals surface area contributed by atoms with Gasteiger partial charge in [0.25, 0.3) is 0 Å². The van der Waals surface area contributed by atoms with Gasteiger partial charge in [0.15, 0.2) is 11.6 Å². The molecule has 106 valence electrons. The van der Waals surface area contributed by atoms with Crippen molar-refractivity contribution in [3.05, 3.63) is 64.2 Å². The van der Waals surface area contributed by atoms with Crippen LogP contribution in [-0.2, 0) is 6.61 Å². The van der Waals surface area contributed by atoms with E-state index in [0.29, 0.717) is 5.56 Å². The van der Waals surface area contributed by atoms with Crippen LogP contribution in [0.1, 0.15) is 24.2 Å². The Morgan fingerprint density at radius 3 is 2.65 bits per heavy atom. The van der Waals surface area contributed by atoms with E-state index < -0.39 is 17.7 Å². The average Bonchev–Trinajstić information content (AvgIpc) is 2.41. The molecule has 0 aliphatic carbocycles. The molecule has 0 aliphatic rings. The Morgan fingerprint density at radius 1 is 1.25 bits per heavy atom. The van der Waals surface area contributed by atoms with Crippen molar-refractivity contribution in [3.8, 4) is 5.75 Å². The molecule has 0 amide bonds. The molecule has 2 nitrogen and oxygen atoms in total. The molecule has 0 unspecified atom stereocenters. The summed E-state index contributed by atoms with van der Waals surface area (Å²) in [7, 11) is 0. The Hall–Kier alpha value is -1.65. The van der Waals surface area contributed by atoms with E-state index in [4.69, 9.17) is 16.3 Å². The molecular weight excluding hydrogens is 286 g/mol.